The fourth-order valence-corrected chi connectivity index (χ4v) is 8.11. The van der Waals surface area contributed by atoms with Crippen LogP contribution in [-0.4, -0.2) is 8.80 Å². The Balaban J connectivity index is 1.45. The molecule has 0 spiro atoms. The van der Waals surface area contributed by atoms with Crippen molar-refractivity contribution in [2.45, 2.75) is 5.41 Å². The highest BCUT2D eigenvalue weighted by Gasteiger charge is 2.43. The van der Waals surface area contributed by atoms with E-state index in [4.69, 9.17) is 0 Å². The molecule has 2 heteroatoms. The fraction of sp³-hybridized carbons (Fsp3) is 0.0244. The molecule has 0 aliphatic rings. The molecule has 4 heterocycles. The molecule has 10 rings (SSSR count). The van der Waals surface area contributed by atoms with Gasteiger partial charge in [-0.15, -0.1) is 0 Å². The third kappa shape index (κ3) is 2.78. The number of hydrogen-bond acceptors (Lipinski definition) is 0. The SMILES string of the molecule is c1ccc(C(c2ccccc2)(c2cn3c4ccccc4c4cccc2c43)c2cn3c4ccccc4c4cccc2c43)cc1. The van der Waals surface area contributed by atoms with E-state index in [1.807, 2.05) is 0 Å². The minimum absolute atomic E-state index is 0.564. The predicted molar refractivity (Wildman–Crippen MR) is 179 cm³/mol. The zero-order valence-corrected chi connectivity index (χ0v) is 23.4. The molecule has 2 nitrogen and oxygen atoms in total. The van der Waals surface area contributed by atoms with Crippen molar-refractivity contribution in [3.05, 3.63) is 180 Å². The van der Waals surface area contributed by atoms with E-state index in [9.17, 15) is 0 Å². The molecule has 0 fully saturated rings. The standard InChI is InChI=1S/C41H26N2/c1-3-13-27(14-4-1)41(28-15-5-2-6-16-28,35-25-42-37-23-9-7-17-29(37)31-19-11-21-33(35)39(31)42)36-26-43-38-24-10-8-18-30(38)32-20-12-22-34(36)40(32)43/h1-26H. The largest absolute Gasteiger partial charge is 0.315 e. The molecular weight excluding hydrogens is 520 g/mol. The van der Waals surface area contributed by atoms with Crippen LogP contribution in [0.5, 0.6) is 0 Å². The molecular formula is C41H26N2. The van der Waals surface area contributed by atoms with Crippen molar-refractivity contribution >= 4 is 54.4 Å². The molecule has 0 atom stereocenters. The fourth-order valence-electron chi connectivity index (χ4n) is 8.11. The lowest BCUT2D eigenvalue weighted by molar-refractivity contribution is 0.757. The van der Waals surface area contributed by atoms with E-state index >= 15 is 0 Å². The summed E-state index contributed by atoms with van der Waals surface area (Å²) in [5.74, 6) is 0. The average Bonchev–Trinajstić information content (AvgIpc) is 3.83. The van der Waals surface area contributed by atoms with Crippen LogP contribution in [-0.2, 0) is 5.41 Å². The first kappa shape index (κ1) is 23.0. The zero-order valence-electron chi connectivity index (χ0n) is 23.4. The van der Waals surface area contributed by atoms with E-state index in [1.54, 1.807) is 0 Å². The maximum Gasteiger partial charge on any atom is 0.0743 e. The van der Waals surface area contributed by atoms with Gasteiger partial charge in [0.25, 0.3) is 0 Å². The summed E-state index contributed by atoms with van der Waals surface area (Å²) in [6.45, 7) is 0. The number of hydrogen-bond donors (Lipinski definition) is 0. The molecule has 0 radical (unpaired) electrons. The van der Waals surface area contributed by atoms with E-state index in [0.717, 1.165) is 0 Å². The van der Waals surface area contributed by atoms with Crippen molar-refractivity contribution < 1.29 is 0 Å². The van der Waals surface area contributed by atoms with Crippen LogP contribution < -0.4 is 0 Å². The van der Waals surface area contributed by atoms with E-state index in [0.29, 0.717) is 0 Å². The third-order valence-electron chi connectivity index (χ3n) is 9.78. The Morgan fingerprint density at radius 3 is 1.16 bits per heavy atom. The van der Waals surface area contributed by atoms with E-state index < -0.39 is 5.41 Å². The monoisotopic (exact) mass is 546 g/mol. The summed E-state index contributed by atoms with van der Waals surface area (Å²) in [6.07, 6.45) is 4.85. The van der Waals surface area contributed by atoms with Crippen molar-refractivity contribution in [3.8, 4) is 0 Å². The van der Waals surface area contributed by atoms with Gasteiger partial charge in [-0.3, -0.25) is 0 Å². The Kier molecular flexibility index (Phi) is 4.41. The molecule has 0 bridgehead atoms. The normalized spacial score (nSPS) is 12.7. The smallest absolute Gasteiger partial charge is 0.0743 e. The Hall–Kier alpha value is -5.60. The van der Waals surface area contributed by atoms with Crippen LogP contribution in [0.4, 0.5) is 0 Å². The van der Waals surface area contributed by atoms with Crippen LogP contribution in [0.2, 0.25) is 0 Å². The van der Waals surface area contributed by atoms with Gasteiger partial charge in [-0.1, -0.05) is 133 Å². The van der Waals surface area contributed by atoms with Gasteiger partial charge in [0.15, 0.2) is 0 Å². The van der Waals surface area contributed by atoms with Gasteiger partial charge in [0.1, 0.15) is 0 Å². The summed E-state index contributed by atoms with van der Waals surface area (Å²) in [6, 6.07) is 53.5. The van der Waals surface area contributed by atoms with Gasteiger partial charge in [0.2, 0.25) is 0 Å². The Labute approximate surface area is 248 Å². The summed E-state index contributed by atoms with van der Waals surface area (Å²) in [4.78, 5) is 0. The molecule has 0 aliphatic heterocycles. The summed E-state index contributed by atoms with van der Waals surface area (Å²) < 4.78 is 4.86. The highest BCUT2D eigenvalue weighted by molar-refractivity contribution is 6.17. The van der Waals surface area contributed by atoms with Gasteiger partial charge in [-0.2, -0.15) is 0 Å². The van der Waals surface area contributed by atoms with Crippen molar-refractivity contribution in [2.24, 2.45) is 0 Å². The van der Waals surface area contributed by atoms with E-state index in [-0.39, 0.29) is 0 Å². The molecule has 0 amide bonds. The second-order valence-electron chi connectivity index (χ2n) is 11.7. The van der Waals surface area contributed by atoms with Crippen molar-refractivity contribution in [1.82, 2.24) is 8.80 Å². The quantitative estimate of drug-likeness (QED) is 0.208. The minimum Gasteiger partial charge on any atom is -0.315 e. The van der Waals surface area contributed by atoms with Crippen molar-refractivity contribution in [1.29, 1.82) is 0 Å². The van der Waals surface area contributed by atoms with Crippen LogP contribution in [0.3, 0.4) is 0 Å². The molecule has 4 aromatic heterocycles. The van der Waals surface area contributed by atoms with Gasteiger partial charge in [0.05, 0.1) is 27.5 Å². The third-order valence-corrected chi connectivity index (χ3v) is 9.78. The molecule has 200 valence electrons. The van der Waals surface area contributed by atoms with Crippen LogP contribution in [0, 0.1) is 0 Å². The predicted octanol–water partition coefficient (Wildman–Crippen LogP) is 10.1. The molecule has 0 N–H and O–H groups in total. The Bertz CT molecular complexity index is 2420. The maximum atomic E-state index is 2.43. The summed E-state index contributed by atoms with van der Waals surface area (Å²) in [5, 5.41) is 7.77. The Morgan fingerprint density at radius 2 is 0.698 bits per heavy atom. The summed E-state index contributed by atoms with van der Waals surface area (Å²) in [5.41, 5.74) is 9.63. The van der Waals surface area contributed by atoms with Gasteiger partial charge in [-0.25, -0.2) is 0 Å². The van der Waals surface area contributed by atoms with E-state index in [1.165, 1.54) is 76.6 Å². The highest BCUT2D eigenvalue weighted by atomic mass is 14.9. The van der Waals surface area contributed by atoms with Crippen LogP contribution in [0.25, 0.3) is 54.4 Å². The summed E-state index contributed by atoms with van der Waals surface area (Å²) >= 11 is 0. The second kappa shape index (κ2) is 8.24. The first-order valence-electron chi connectivity index (χ1n) is 15.0. The number of benzene rings is 6. The minimum atomic E-state index is -0.564. The molecule has 0 saturated carbocycles. The molecule has 0 saturated heterocycles. The maximum absolute atomic E-state index is 2.43. The highest BCUT2D eigenvalue weighted by Crippen LogP contribution is 2.52. The van der Waals surface area contributed by atoms with Gasteiger partial charge >= 0.3 is 0 Å². The van der Waals surface area contributed by atoms with Crippen molar-refractivity contribution in [2.75, 3.05) is 0 Å². The molecule has 0 aliphatic carbocycles. The lowest BCUT2D eigenvalue weighted by Gasteiger charge is -2.36. The first-order valence-corrected chi connectivity index (χ1v) is 15.0. The molecule has 10 aromatic rings. The van der Waals surface area contributed by atoms with Gasteiger partial charge in [-0.05, 0) is 34.4 Å². The topological polar surface area (TPSA) is 8.82 Å². The van der Waals surface area contributed by atoms with E-state index in [2.05, 4.69) is 167 Å². The number of aromatic nitrogens is 2. The second-order valence-corrected chi connectivity index (χ2v) is 11.7. The summed E-state index contributed by atoms with van der Waals surface area (Å²) in [7, 11) is 0. The molecule has 6 aromatic carbocycles. The first-order chi connectivity index (χ1) is 21.4. The van der Waals surface area contributed by atoms with Gasteiger partial charge in [0, 0.05) is 44.7 Å². The van der Waals surface area contributed by atoms with Crippen LogP contribution >= 0.6 is 0 Å². The van der Waals surface area contributed by atoms with Crippen LogP contribution in [0.15, 0.2) is 158 Å². The number of nitrogens with zero attached hydrogens (tertiary/aromatic N) is 2. The van der Waals surface area contributed by atoms with Gasteiger partial charge < -0.3 is 8.80 Å². The number of rotatable bonds is 4. The van der Waals surface area contributed by atoms with Crippen molar-refractivity contribution in [3.63, 3.8) is 0 Å². The zero-order chi connectivity index (χ0) is 28.1. The van der Waals surface area contributed by atoms with Crippen LogP contribution in [0.1, 0.15) is 22.3 Å². The molecule has 43 heavy (non-hydrogen) atoms. The average molecular weight is 547 g/mol. The number of fused-ring (bicyclic) bond motifs is 6. The number of para-hydroxylation sites is 4. The molecule has 0 unspecified atom stereocenters. The lowest BCUT2D eigenvalue weighted by Crippen LogP contribution is -2.30. The lowest BCUT2D eigenvalue weighted by atomic mass is 9.65. The Morgan fingerprint density at radius 1 is 0.326 bits per heavy atom.